The number of phosphoric ester groups is 1. The maximum absolute atomic E-state index is 13.5. The average molecular weight is 1010 g/mol. The van der Waals surface area contributed by atoms with Crippen LogP contribution < -0.4 is 5.32 Å². The fourth-order valence-electron chi connectivity index (χ4n) is 8.53. The Morgan fingerprint density at radius 2 is 0.914 bits per heavy atom. The molecule has 10 heteroatoms. The van der Waals surface area contributed by atoms with Gasteiger partial charge in [-0.1, -0.05) is 256 Å². The Morgan fingerprint density at radius 3 is 1.36 bits per heavy atom. The predicted molar refractivity (Wildman–Crippen MR) is 300 cm³/mol. The van der Waals surface area contributed by atoms with E-state index in [-0.39, 0.29) is 25.1 Å². The Bertz CT molecular complexity index is 1340. The van der Waals surface area contributed by atoms with Gasteiger partial charge in [0.2, 0.25) is 5.91 Å². The molecule has 0 bridgehead atoms. The molecule has 3 atom stereocenters. The van der Waals surface area contributed by atoms with Crippen LogP contribution in [-0.4, -0.2) is 74.3 Å². The first-order valence-corrected chi connectivity index (χ1v) is 31.0. The van der Waals surface area contributed by atoms with E-state index in [1.54, 1.807) is 0 Å². The first kappa shape index (κ1) is 68.0. The summed E-state index contributed by atoms with van der Waals surface area (Å²) in [6, 6.07) is -0.851. The summed E-state index contributed by atoms with van der Waals surface area (Å²) in [7, 11) is 1.49. The summed E-state index contributed by atoms with van der Waals surface area (Å²) in [6.07, 6.45) is 61.0. The van der Waals surface area contributed by atoms with Gasteiger partial charge < -0.3 is 19.4 Å². The Hall–Kier alpha value is -2.03. The minimum Gasteiger partial charge on any atom is -0.456 e. The van der Waals surface area contributed by atoms with Crippen molar-refractivity contribution in [3.05, 3.63) is 48.6 Å². The van der Waals surface area contributed by atoms with Gasteiger partial charge in [0.05, 0.1) is 33.8 Å². The summed E-state index contributed by atoms with van der Waals surface area (Å²) in [4.78, 5) is 37.6. The normalized spacial score (nSPS) is 14.1. The number of unbranched alkanes of at least 4 members (excludes halogenated alkanes) is 33. The molecule has 0 aromatic heterocycles. The molecule has 2 N–H and O–H groups in total. The van der Waals surface area contributed by atoms with E-state index in [4.69, 9.17) is 13.8 Å². The Kier molecular flexibility index (Phi) is 49.0. The van der Waals surface area contributed by atoms with Gasteiger partial charge in [-0.15, -0.1) is 0 Å². The standard InChI is InChI=1S/C60H113N2O7P/c1-7-10-13-16-19-22-25-28-30-31-33-35-38-41-44-47-50-53-60(64)69-58(51-48-45-42-39-36-27-24-21-18-15-12-9-3)57(56-68-70(65,66)67-55-54-62(4,5)6)61-59(63)52-49-46-43-40-37-34-32-29-26-23-20-17-14-11-8-2/h11,14,17,20,23,26,48,51,57-58H,7-10,12-13,15-16,18-19,21-22,24-25,27-47,49-50,52-56H2,1-6H3,(H-,61,63,65,66)/p+1/b14-11+,20-17+,26-23+,51-48+. The fraction of sp³-hybridized carbons (Fsp3) is 0.833. The Balaban J connectivity index is 5.31. The van der Waals surface area contributed by atoms with Crippen molar-refractivity contribution in [2.45, 2.75) is 283 Å². The number of ether oxygens (including phenoxy) is 1. The summed E-state index contributed by atoms with van der Waals surface area (Å²) in [5.41, 5.74) is 0. The van der Waals surface area contributed by atoms with E-state index in [1.807, 2.05) is 33.3 Å². The highest BCUT2D eigenvalue weighted by Crippen LogP contribution is 2.43. The van der Waals surface area contributed by atoms with E-state index in [2.05, 4.69) is 62.5 Å². The summed E-state index contributed by atoms with van der Waals surface area (Å²) < 4.78 is 30.6. The van der Waals surface area contributed by atoms with Gasteiger partial charge in [-0.05, 0) is 51.0 Å². The van der Waals surface area contributed by atoms with Crippen molar-refractivity contribution in [1.82, 2.24) is 5.32 Å². The minimum absolute atomic E-state index is 0.0384. The lowest BCUT2D eigenvalue weighted by Crippen LogP contribution is -2.47. The smallest absolute Gasteiger partial charge is 0.456 e. The van der Waals surface area contributed by atoms with Crippen molar-refractivity contribution in [2.75, 3.05) is 40.9 Å². The number of allylic oxidation sites excluding steroid dienone is 7. The summed E-state index contributed by atoms with van der Waals surface area (Å²) >= 11 is 0. The third-order valence-electron chi connectivity index (χ3n) is 13.1. The number of nitrogens with zero attached hydrogens (tertiary/aromatic N) is 1. The van der Waals surface area contributed by atoms with Gasteiger partial charge in [-0.2, -0.15) is 0 Å². The number of hydrogen-bond donors (Lipinski definition) is 2. The van der Waals surface area contributed by atoms with Crippen LogP contribution in [-0.2, 0) is 27.9 Å². The van der Waals surface area contributed by atoms with Gasteiger partial charge in [0.1, 0.15) is 19.3 Å². The van der Waals surface area contributed by atoms with Gasteiger partial charge in [-0.25, -0.2) is 4.57 Å². The molecule has 9 nitrogen and oxygen atoms in total. The molecule has 0 rings (SSSR count). The van der Waals surface area contributed by atoms with Crippen LogP contribution >= 0.6 is 7.82 Å². The van der Waals surface area contributed by atoms with E-state index in [1.165, 1.54) is 161 Å². The predicted octanol–water partition coefficient (Wildman–Crippen LogP) is 17.7. The zero-order chi connectivity index (χ0) is 51.5. The maximum atomic E-state index is 13.5. The van der Waals surface area contributed by atoms with Crippen LogP contribution in [0.15, 0.2) is 48.6 Å². The number of carbonyl (C=O) groups excluding carboxylic acids is 2. The SMILES string of the molecule is CC/C=C/C=C/C=C/CCCCCCCCCC(=O)NC(COP(=O)(O)OCC[N+](C)(C)C)C(/C=C/CCCCCCCCCCCC)OC(=O)CCCCCCCCCCCCCCCCCCC. The number of phosphoric acid groups is 1. The molecule has 1 amide bonds. The number of likely N-dealkylation sites (N-methyl/N-ethyl adjacent to an activating group) is 1. The summed E-state index contributed by atoms with van der Waals surface area (Å²) in [6.45, 7) is 6.89. The number of amides is 1. The zero-order valence-corrected chi connectivity index (χ0v) is 47.7. The summed E-state index contributed by atoms with van der Waals surface area (Å²) in [5, 5.41) is 3.05. The van der Waals surface area contributed by atoms with Crippen LogP contribution in [0.4, 0.5) is 0 Å². The topological polar surface area (TPSA) is 111 Å². The van der Waals surface area contributed by atoms with Crippen LogP contribution in [0.3, 0.4) is 0 Å². The average Bonchev–Trinajstić information content (AvgIpc) is 3.32. The molecule has 3 unspecified atom stereocenters. The maximum Gasteiger partial charge on any atom is 0.472 e. The molecular weight excluding hydrogens is 892 g/mol. The zero-order valence-electron chi connectivity index (χ0n) is 46.8. The Morgan fingerprint density at radius 1 is 0.514 bits per heavy atom. The Labute approximate surface area is 433 Å². The van der Waals surface area contributed by atoms with E-state index in [9.17, 15) is 19.0 Å². The number of nitrogens with one attached hydrogen (secondary N) is 1. The van der Waals surface area contributed by atoms with E-state index in [0.29, 0.717) is 23.9 Å². The van der Waals surface area contributed by atoms with Crippen LogP contribution in [0.5, 0.6) is 0 Å². The third kappa shape index (κ3) is 50.9. The monoisotopic (exact) mass is 1010 g/mol. The molecule has 0 aliphatic rings. The fourth-order valence-corrected chi connectivity index (χ4v) is 9.27. The third-order valence-corrected chi connectivity index (χ3v) is 14.1. The second kappa shape index (κ2) is 50.5. The van der Waals surface area contributed by atoms with Crippen molar-refractivity contribution in [3.8, 4) is 0 Å². The lowest BCUT2D eigenvalue weighted by atomic mass is 10.0. The molecule has 0 saturated heterocycles. The molecule has 0 aromatic carbocycles. The molecule has 0 heterocycles. The molecule has 0 aliphatic heterocycles. The van der Waals surface area contributed by atoms with Crippen molar-refractivity contribution >= 4 is 19.7 Å². The van der Waals surface area contributed by atoms with Gasteiger partial charge >= 0.3 is 13.8 Å². The highest BCUT2D eigenvalue weighted by molar-refractivity contribution is 7.47. The molecule has 0 fully saturated rings. The molecule has 0 radical (unpaired) electrons. The number of esters is 1. The van der Waals surface area contributed by atoms with Crippen LogP contribution in [0.25, 0.3) is 0 Å². The van der Waals surface area contributed by atoms with Crippen LogP contribution in [0.1, 0.15) is 271 Å². The number of rotatable bonds is 53. The lowest BCUT2D eigenvalue weighted by molar-refractivity contribution is -0.870. The van der Waals surface area contributed by atoms with Gasteiger partial charge in [0.25, 0.3) is 0 Å². The highest BCUT2D eigenvalue weighted by Gasteiger charge is 2.30. The van der Waals surface area contributed by atoms with E-state index >= 15 is 0 Å². The first-order chi connectivity index (χ1) is 33.9. The van der Waals surface area contributed by atoms with Gasteiger partial charge in [-0.3, -0.25) is 18.6 Å². The van der Waals surface area contributed by atoms with Crippen molar-refractivity contribution < 1.29 is 37.3 Å². The second-order valence-electron chi connectivity index (χ2n) is 21.2. The van der Waals surface area contributed by atoms with Gasteiger partial charge in [0, 0.05) is 12.8 Å². The second-order valence-corrected chi connectivity index (χ2v) is 22.7. The minimum atomic E-state index is -4.45. The first-order valence-electron chi connectivity index (χ1n) is 29.5. The van der Waals surface area contributed by atoms with E-state index in [0.717, 1.165) is 77.0 Å². The van der Waals surface area contributed by atoms with Gasteiger partial charge in [0.15, 0.2) is 0 Å². The molecule has 0 aromatic rings. The lowest BCUT2D eigenvalue weighted by Gasteiger charge is -2.27. The molecule has 70 heavy (non-hydrogen) atoms. The number of carbonyl (C=O) groups is 2. The highest BCUT2D eigenvalue weighted by atomic mass is 31.2. The largest absolute Gasteiger partial charge is 0.472 e. The number of hydrogen-bond acceptors (Lipinski definition) is 6. The van der Waals surface area contributed by atoms with Crippen molar-refractivity contribution in [1.29, 1.82) is 0 Å². The molecule has 0 aliphatic carbocycles. The molecule has 410 valence electrons. The quantitative estimate of drug-likeness (QED) is 0.0156. The van der Waals surface area contributed by atoms with Crippen LogP contribution in [0, 0.1) is 0 Å². The molecule has 0 spiro atoms. The summed E-state index contributed by atoms with van der Waals surface area (Å²) in [5.74, 6) is -0.511. The van der Waals surface area contributed by atoms with Crippen molar-refractivity contribution in [2.24, 2.45) is 0 Å². The van der Waals surface area contributed by atoms with Crippen molar-refractivity contribution in [3.63, 3.8) is 0 Å². The van der Waals surface area contributed by atoms with E-state index < -0.39 is 20.0 Å². The van der Waals surface area contributed by atoms with Crippen LogP contribution in [0.2, 0.25) is 0 Å². The number of quaternary nitrogens is 1. The molecular formula is C60H114N2O7P+. The molecule has 0 saturated carbocycles.